The highest BCUT2D eigenvalue weighted by atomic mass is 32.1. The summed E-state index contributed by atoms with van der Waals surface area (Å²) >= 11 is 1.44. The maximum absolute atomic E-state index is 5.65. The van der Waals surface area contributed by atoms with Gasteiger partial charge < -0.3 is 5.73 Å². The van der Waals surface area contributed by atoms with Crippen molar-refractivity contribution < 1.29 is 0 Å². The Kier molecular flexibility index (Phi) is 2.57. The van der Waals surface area contributed by atoms with Gasteiger partial charge >= 0.3 is 0 Å². The minimum absolute atomic E-state index is 0.0289. The molecule has 4 heteroatoms. The summed E-state index contributed by atoms with van der Waals surface area (Å²) in [7, 11) is 0. The van der Waals surface area contributed by atoms with Crippen molar-refractivity contribution in [3.05, 3.63) is 11.3 Å². The molecule has 3 nitrogen and oxygen atoms in total. The van der Waals surface area contributed by atoms with Crippen molar-refractivity contribution in [2.75, 3.05) is 6.54 Å². The fourth-order valence-corrected chi connectivity index (χ4v) is 1.56. The molecule has 1 unspecified atom stereocenters. The molecule has 0 radical (unpaired) electrons. The molecule has 1 heterocycles. The quantitative estimate of drug-likeness (QED) is 0.742. The van der Waals surface area contributed by atoms with Crippen molar-refractivity contribution in [3.63, 3.8) is 0 Å². The monoisotopic (exact) mass is 171 g/mol. The molecule has 0 saturated carbocycles. The Bertz CT molecular complexity index is 203. The molecular formula is C7H13N3S. The number of rotatable bonds is 3. The van der Waals surface area contributed by atoms with Crippen LogP contribution in [0.1, 0.15) is 25.3 Å². The molecule has 0 saturated heterocycles. The second kappa shape index (κ2) is 3.28. The SMILES string of the molecule is CCC(C)(CN)c1ncns1. The summed E-state index contributed by atoms with van der Waals surface area (Å²) in [6.45, 7) is 4.88. The first-order valence-corrected chi connectivity index (χ1v) is 4.47. The van der Waals surface area contributed by atoms with Gasteiger partial charge in [-0.3, -0.25) is 0 Å². The van der Waals surface area contributed by atoms with E-state index < -0.39 is 0 Å². The molecule has 62 valence electrons. The lowest BCUT2D eigenvalue weighted by molar-refractivity contribution is 0.464. The topological polar surface area (TPSA) is 51.8 Å². The van der Waals surface area contributed by atoms with E-state index in [-0.39, 0.29) is 5.41 Å². The highest BCUT2D eigenvalue weighted by Crippen LogP contribution is 2.26. The van der Waals surface area contributed by atoms with Gasteiger partial charge in [-0.2, -0.15) is 4.37 Å². The second-order valence-corrected chi connectivity index (χ2v) is 3.64. The van der Waals surface area contributed by atoms with E-state index in [1.807, 2.05) is 0 Å². The first-order valence-electron chi connectivity index (χ1n) is 3.70. The molecule has 11 heavy (non-hydrogen) atoms. The molecule has 0 amide bonds. The Morgan fingerprint density at radius 3 is 2.82 bits per heavy atom. The fraction of sp³-hybridized carbons (Fsp3) is 0.714. The minimum atomic E-state index is 0.0289. The zero-order chi connectivity index (χ0) is 8.32. The molecule has 2 N–H and O–H groups in total. The van der Waals surface area contributed by atoms with E-state index in [4.69, 9.17) is 5.73 Å². The predicted octanol–water partition coefficient (Wildman–Crippen LogP) is 1.16. The lowest BCUT2D eigenvalue weighted by atomic mass is 9.89. The summed E-state index contributed by atoms with van der Waals surface area (Å²) in [6.07, 6.45) is 2.60. The zero-order valence-corrected chi connectivity index (χ0v) is 7.69. The van der Waals surface area contributed by atoms with Gasteiger partial charge in [-0.1, -0.05) is 13.8 Å². The van der Waals surface area contributed by atoms with Crippen molar-refractivity contribution in [3.8, 4) is 0 Å². The van der Waals surface area contributed by atoms with Crippen LogP contribution in [0.4, 0.5) is 0 Å². The van der Waals surface area contributed by atoms with Crippen LogP contribution in [0, 0.1) is 0 Å². The standard InChI is InChI=1S/C7H13N3S/c1-3-7(2,4-8)6-9-5-10-11-6/h5H,3-4,8H2,1-2H3. The Labute approximate surface area is 70.8 Å². The van der Waals surface area contributed by atoms with Crippen molar-refractivity contribution in [2.45, 2.75) is 25.7 Å². The molecule has 0 spiro atoms. The molecule has 1 rings (SSSR count). The van der Waals surface area contributed by atoms with E-state index in [1.165, 1.54) is 11.5 Å². The first-order chi connectivity index (χ1) is 5.23. The zero-order valence-electron chi connectivity index (χ0n) is 6.87. The highest BCUT2D eigenvalue weighted by Gasteiger charge is 2.25. The number of hydrogen-bond donors (Lipinski definition) is 1. The Morgan fingerprint density at radius 2 is 2.45 bits per heavy atom. The summed E-state index contributed by atoms with van der Waals surface area (Å²) in [5.74, 6) is 0. The van der Waals surface area contributed by atoms with Crippen LogP contribution in [0.15, 0.2) is 6.33 Å². The molecule has 1 aromatic heterocycles. The van der Waals surface area contributed by atoms with Crippen LogP contribution in [0.25, 0.3) is 0 Å². The van der Waals surface area contributed by atoms with Crippen LogP contribution < -0.4 is 5.73 Å². The van der Waals surface area contributed by atoms with Gasteiger partial charge in [0.05, 0.1) is 0 Å². The van der Waals surface area contributed by atoms with Gasteiger partial charge in [0.2, 0.25) is 0 Å². The molecule has 0 bridgehead atoms. The summed E-state index contributed by atoms with van der Waals surface area (Å²) in [5.41, 5.74) is 5.68. The summed E-state index contributed by atoms with van der Waals surface area (Å²) in [6, 6.07) is 0. The Balaban J connectivity index is 2.87. The number of nitrogens with zero attached hydrogens (tertiary/aromatic N) is 2. The summed E-state index contributed by atoms with van der Waals surface area (Å²) in [4.78, 5) is 4.16. The Morgan fingerprint density at radius 1 is 1.73 bits per heavy atom. The van der Waals surface area contributed by atoms with Gasteiger partial charge in [-0.05, 0) is 18.0 Å². The van der Waals surface area contributed by atoms with Crippen LogP contribution in [0.5, 0.6) is 0 Å². The molecule has 1 aromatic rings. The largest absolute Gasteiger partial charge is 0.330 e. The third-order valence-corrected chi connectivity index (χ3v) is 3.08. The van der Waals surface area contributed by atoms with Crippen LogP contribution >= 0.6 is 11.5 Å². The van der Waals surface area contributed by atoms with Gasteiger partial charge in [0.15, 0.2) is 0 Å². The predicted molar refractivity (Wildman–Crippen MR) is 46.6 cm³/mol. The van der Waals surface area contributed by atoms with Gasteiger partial charge in [-0.15, -0.1) is 0 Å². The maximum atomic E-state index is 5.65. The number of hydrogen-bond acceptors (Lipinski definition) is 4. The van der Waals surface area contributed by atoms with Crippen molar-refractivity contribution in [1.29, 1.82) is 0 Å². The maximum Gasteiger partial charge on any atom is 0.129 e. The van der Waals surface area contributed by atoms with Gasteiger partial charge in [0, 0.05) is 12.0 Å². The highest BCUT2D eigenvalue weighted by molar-refractivity contribution is 7.05. The van der Waals surface area contributed by atoms with Crippen LogP contribution in [-0.2, 0) is 5.41 Å². The number of nitrogens with two attached hydrogens (primary N) is 1. The fourth-order valence-electron chi connectivity index (χ4n) is 0.822. The average molecular weight is 171 g/mol. The molecule has 0 aliphatic carbocycles. The summed E-state index contributed by atoms with van der Waals surface area (Å²) in [5, 5.41) is 1.04. The Hall–Kier alpha value is -0.480. The van der Waals surface area contributed by atoms with E-state index in [0.29, 0.717) is 6.54 Å². The van der Waals surface area contributed by atoms with Crippen LogP contribution in [0.3, 0.4) is 0 Å². The van der Waals surface area contributed by atoms with Crippen molar-refractivity contribution in [1.82, 2.24) is 9.36 Å². The average Bonchev–Trinajstić information content (AvgIpc) is 2.55. The first kappa shape index (κ1) is 8.62. The van der Waals surface area contributed by atoms with E-state index in [2.05, 4.69) is 23.2 Å². The van der Waals surface area contributed by atoms with Gasteiger partial charge in [-0.25, -0.2) is 4.98 Å². The lowest BCUT2D eigenvalue weighted by Gasteiger charge is -2.22. The van der Waals surface area contributed by atoms with E-state index in [1.54, 1.807) is 6.33 Å². The second-order valence-electron chi connectivity index (χ2n) is 2.86. The van der Waals surface area contributed by atoms with E-state index >= 15 is 0 Å². The van der Waals surface area contributed by atoms with Crippen LogP contribution in [-0.4, -0.2) is 15.9 Å². The number of aromatic nitrogens is 2. The third-order valence-electron chi connectivity index (χ3n) is 2.11. The third kappa shape index (κ3) is 1.57. The van der Waals surface area contributed by atoms with Crippen LogP contribution in [0.2, 0.25) is 0 Å². The van der Waals surface area contributed by atoms with E-state index in [0.717, 1.165) is 11.4 Å². The molecular weight excluding hydrogens is 158 g/mol. The summed E-state index contributed by atoms with van der Waals surface area (Å²) < 4.78 is 3.96. The molecule has 0 aliphatic heterocycles. The van der Waals surface area contributed by atoms with E-state index in [9.17, 15) is 0 Å². The molecule has 0 aromatic carbocycles. The van der Waals surface area contributed by atoms with Crippen molar-refractivity contribution in [2.24, 2.45) is 5.73 Å². The molecule has 1 atom stereocenters. The lowest BCUT2D eigenvalue weighted by Crippen LogP contribution is -2.30. The molecule has 0 fully saturated rings. The molecule has 0 aliphatic rings. The normalized spacial score (nSPS) is 16.3. The van der Waals surface area contributed by atoms with Gasteiger partial charge in [0.1, 0.15) is 11.3 Å². The smallest absolute Gasteiger partial charge is 0.129 e. The minimum Gasteiger partial charge on any atom is -0.330 e. The van der Waals surface area contributed by atoms with Crippen molar-refractivity contribution >= 4 is 11.5 Å². The van der Waals surface area contributed by atoms with Gasteiger partial charge in [0.25, 0.3) is 0 Å².